The van der Waals surface area contributed by atoms with E-state index in [4.69, 9.17) is 4.42 Å². The molecule has 0 bridgehead atoms. The molecule has 0 aliphatic carbocycles. The van der Waals surface area contributed by atoms with E-state index in [-0.39, 0.29) is 0 Å². The minimum absolute atomic E-state index is 0.891. The lowest BCUT2D eigenvalue weighted by Crippen LogP contribution is -2.11. The molecule has 11 rings (SSSR count). The zero-order valence-electron chi connectivity index (χ0n) is 28.8. The van der Waals surface area contributed by atoms with Crippen LogP contribution in [0.1, 0.15) is 0 Å². The second-order valence-corrected chi connectivity index (χ2v) is 18.7. The van der Waals surface area contributed by atoms with Crippen LogP contribution in [0.25, 0.3) is 75.1 Å². The van der Waals surface area contributed by atoms with Gasteiger partial charge in [0.25, 0.3) is 0 Å². The molecule has 0 N–H and O–H groups in total. The van der Waals surface area contributed by atoms with E-state index in [1.54, 1.807) is 0 Å². The molecule has 2 nitrogen and oxygen atoms in total. The van der Waals surface area contributed by atoms with Crippen LogP contribution >= 0.6 is 21.4 Å². The molecule has 0 radical (unpaired) electrons. The van der Waals surface area contributed by atoms with Gasteiger partial charge in [-0.05, 0) is 94.6 Å². The first kappa shape index (κ1) is 29.9. The smallest absolute Gasteiger partial charge is 0.137 e. The van der Waals surface area contributed by atoms with Crippen LogP contribution in [0.4, 0.5) is 17.1 Å². The van der Waals surface area contributed by atoms with Crippen LogP contribution in [0.3, 0.4) is 0 Å². The van der Waals surface area contributed by atoms with Gasteiger partial charge in [0, 0.05) is 52.3 Å². The van der Waals surface area contributed by atoms with E-state index in [1.807, 2.05) is 17.4 Å². The van der Waals surface area contributed by atoms with E-state index < -0.39 is 10.0 Å². The Hall–Kier alpha value is -5.81. The number of benzene rings is 8. The van der Waals surface area contributed by atoms with Gasteiger partial charge < -0.3 is 9.32 Å². The van der Waals surface area contributed by atoms with E-state index in [2.05, 4.69) is 175 Å². The highest BCUT2D eigenvalue weighted by Crippen LogP contribution is 2.69. The molecule has 248 valence electrons. The third-order valence-electron chi connectivity index (χ3n) is 10.9. The molecule has 1 aliphatic heterocycles. The minimum atomic E-state index is -1.28. The van der Waals surface area contributed by atoms with Gasteiger partial charge in [-0.2, -0.15) is 10.0 Å². The number of rotatable bonds is 4. The summed E-state index contributed by atoms with van der Waals surface area (Å²) >= 11 is 1.93. The number of furan rings is 1. The van der Waals surface area contributed by atoms with Crippen LogP contribution in [0, 0.1) is 0 Å². The molecule has 3 heterocycles. The number of fused-ring (bicyclic) bond motifs is 11. The van der Waals surface area contributed by atoms with Crippen molar-refractivity contribution in [2.75, 3.05) is 17.4 Å². The Kier molecular flexibility index (Phi) is 6.37. The number of hydrogen-bond acceptors (Lipinski definition) is 3. The summed E-state index contributed by atoms with van der Waals surface area (Å²) < 4.78 is 9.18. The fraction of sp³-hybridized carbons (Fsp3) is 0.0417. The molecule has 0 saturated heterocycles. The maximum atomic E-state index is 6.43. The maximum Gasteiger partial charge on any atom is 0.137 e. The summed E-state index contributed by atoms with van der Waals surface area (Å²) in [6.45, 7) is 0. The first-order valence-electron chi connectivity index (χ1n) is 17.7. The molecule has 8 aromatic carbocycles. The van der Waals surface area contributed by atoms with Crippen molar-refractivity contribution in [2.24, 2.45) is 0 Å². The summed E-state index contributed by atoms with van der Waals surface area (Å²) in [5.74, 6) is 0. The quantitative estimate of drug-likeness (QED) is 0.181. The normalized spacial score (nSPS) is 14.0. The van der Waals surface area contributed by atoms with Crippen molar-refractivity contribution in [2.45, 2.75) is 9.79 Å². The van der Waals surface area contributed by atoms with Gasteiger partial charge in [0.1, 0.15) is 11.2 Å². The maximum absolute atomic E-state index is 6.43. The summed E-state index contributed by atoms with van der Waals surface area (Å²) in [6.07, 6.45) is 4.93. The number of para-hydroxylation sites is 1. The summed E-state index contributed by atoms with van der Waals surface area (Å²) in [7, 11) is -1.28. The van der Waals surface area contributed by atoms with Gasteiger partial charge in [-0.25, -0.2) is 0 Å². The van der Waals surface area contributed by atoms with Crippen molar-refractivity contribution >= 4 is 91.3 Å². The van der Waals surface area contributed by atoms with Gasteiger partial charge >= 0.3 is 0 Å². The molecule has 0 atom stereocenters. The van der Waals surface area contributed by atoms with Crippen LogP contribution in [0.5, 0.6) is 0 Å². The van der Waals surface area contributed by atoms with E-state index in [9.17, 15) is 0 Å². The van der Waals surface area contributed by atoms with Crippen LogP contribution in [0.2, 0.25) is 0 Å². The van der Waals surface area contributed by atoms with Gasteiger partial charge in [-0.3, -0.25) is 0 Å². The Morgan fingerprint density at radius 2 is 1.23 bits per heavy atom. The molecular formula is C48H33NOS2. The third kappa shape index (κ3) is 4.25. The Morgan fingerprint density at radius 1 is 0.519 bits per heavy atom. The van der Waals surface area contributed by atoms with Crippen LogP contribution < -0.4 is 4.90 Å². The lowest BCUT2D eigenvalue weighted by atomic mass is 9.98. The molecule has 0 spiro atoms. The van der Waals surface area contributed by atoms with E-state index in [1.165, 1.54) is 63.0 Å². The van der Waals surface area contributed by atoms with Crippen molar-refractivity contribution in [1.29, 1.82) is 0 Å². The van der Waals surface area contributed by atoms with Crippen LogP contribution in [-0.4, -0.2) is 12.5 Å². The Labute approximate surface area is 307 Å². The molecule has 1 aliphatic rings. The molecule has 10 aromatic rings. The molecule has 0 amide bonds. The topological polar surface area (TPSA) is 16.4 Å². The number of hydrogen-bond donors (Lipinski definition) is 0. The van der Waals surface area contributed by atoms with Gasteiger partial charge in [0.15, 0.2) is 0 Å². The fourth-order valence-corrected chi connectivity index (χ4v) is 12.3. The highest BCUT2D eigenvalue weighted by Gasteiger charge is 2.35. The van der Waals surface area contributed by atoms with Gasteiger partial charge in [0.2, 0.25) is 0 Å². The van der Waals surface area contributed by atoms with Gasteiger partial charge in [-0.1, -0.05) is 109 Å². The van der Waals surface area contributed by atoms with Crippen molar-refractivity contribution in [1.82, 2.24) is 0 Å². The fourth-order valence-electron chi connectivity index (χ4n) is 8.49. The zero-order valence-corrected chi connectivity index (χ0v) is 30.4. The average molecular weight is 704 g/mol. The van der Waals surface area contributed by atoms with Gasteiger partial charge in [0.05, 0.1) is 11.1 Å². The Morgan fingerprint density at radius 3 is 2.12 bits per heavy atom. The summed E-state index contributed by atoms with van der Waals surface area (Å²) in [4.78, 5) is 5.35. The number of thiophene rings is 1. The van der Waals surface area contributed by atoms with Crippen LogP contribution in [0.15, 0.2) is 178 Å². The summed E-state index contributed by atoms with van der Waals surface area (Å²) in [5.41, 5.74) is 10.4. The largest absolute Gasteiger partial charge is 0.456 e. The monoisotopic (exact) mass is 703 g/mol. The standard InChI is InChI=1S/C48H33NOS2/c1-52(2)44-28-27-37-36-14-6-8-20-43(36)51-48(37)47(44)39-26-25-33(29-45(39)52)49(40-17-10-19-42-46(40)38-15-5-7-18-41(38)50-42)32-23-21-31(22-24-32)35-16-9-12-30-11-3-4-13-34(30)35/h3-29H,1-2H3. The molecule has 0 saturated carbocycles. The lowest BCUT2D eigenvalue weighted by molar-refractivity contribution is 0.669. The number of anilines is 3. The Balaban J connectivity index is 1.13. The average Bonchev–Trinajstić information content (AvgIpc) is 3.83. The number of nitrogens with zero attached hydrogens (tertiary/aromatic N) is 1. The second kappa shape index (κ2) is 11.1. The van der Waals surface area contributed by atoms with Crippen molar-refractivity contribution < 1.29 is 4.42 Å². The molecule has 2 aromatic heterocycles. The SMILES string of the molecule is CS1(C)c2cc(N(c3ccc(-c4cccc5ccccc45)cc3)c3cccc4oc5ccccc5c34)ccc2-c2c1ccc1c2sc2ccccc21. The zero-order chi connectivity index (χ0) is 34.6. The Bertz CT molecular complexity index is 3050. The summed E-state index contributed by atoms with van der Waals surface area (Å²) in [6, 6.07) is 59.9. The molecule has 4 heteroatoms. The predicted molar refractivity (Wildman–Crippen MR) is 226 cm³/mol. The van der Waals surface area contributed by atoms with E-state index >= 15 is 0 Å². The van der Waals surface area contributed by atoms with Gasteiger partial charge in [-0.15, -0.1) is 11.3 Å². The molecular weight excluding hydrogens is 671 g/mol. The second-order valence-electron chi connectivity index (χ2n) is 14.1. The lowest BCUT2D eigenvalue weighted by Gasteiger charge is -2.31. The van der Waals surface area contributed by atoms with E-state index in [0.29, 0.717) is 0 Å². The first-order chi connectivity index (χ1) is 25.5. The summed E-state index contributed by atoms with van der Waals surface area (Å²) in [5, 5.41) is 7.47. The molecule has 52 heavy (non-hydrogen) atoms. The minimum Gasteiger partial charge on any atom is -0.456 e. The predicted octanol–water partition coefficient (Wildman–Crippen LogP) is 14.7. The van der Waals surface area contributed by atoms with Crippen molar-refractivity contribution in [3.05, 3.63) is 164 Å². The molecule has 0 fully saturated rings. The molecule has 0 unspecified atom stereocenters. The van der Waals surface area contributed by atoms with Crippen molar-refractivity contribution in [3.63, 3.8) is 0 Å². The van der Waals surface area contributed by atoms with Crippen LogP contribution in [-0.2, 0) is 0 Å². The van der Waals surface area contributed by atoms with Crippen molar-refractivity contribution in [3.8, 4) is 22.3 Å². The highest BCUT2D eigenvalue weighted by atomic mass is 32.3. The van der Waals surface area contributed by atoms with E-state index in [0.717, 1.165) is 39.0 Å². The third-order valence-corrected chi connectivity index (χ3v) is 15.0. The highest BCUT2D eigenvalue weighted by molar-refractivity contribution is 8.33. The first-order valence-corrected chi connectivity index (χ1v) is 20.9.